The van der Waals surface area contributed by atoms with Gasteiger partial charge >= 0.3 is 0 Å². The first kappa shape index (κ1) is 17.1. The van der Waals surface area contributed by atoms with E-state index in [1.54, 1.807) is 24.3 Å². The summed E-state index contributed by atoms with van der Waals surface area (Å²) < 4.78 is 3.27. The van der Waals surface area contributed by atoms with Crippen molar-refractivity contribution in [1.29, 1.82) is 0 Å². The molecule has 0 atom stereocenters. The minimum Gasteiger partial charge on any atom is -0.493 e. The average molecular weight is 355 g/mol. The topological polar surface area (TPSA) is 102 Å². The maximum absolute atomic E-state index is 10.8. The molecule has 2 aromatic carbocycles. The Labute approximate surface area is 148 Å². The van der Waals surface area contributed by atoms with Crippen LogP contribution in [-0.4, -0.2) is 16.1 Å². The molecule has 0 radical (unpaired) electrons. The Kier molecular flexibility index (Phi) is 5.11. The highest BCUT2D eigenvalue weighted by atomic mass is 32.2. The van der Waals surface area contributed by atoms with E-state index in [1.807, 2.05) is 18.2 Å². The summed E-state index contributed by atoms with van der Waals surface area (Å²) in [6, 6.07) is 12.7. The molecule has 3 rings (SSSR count). The fourth-order valence-corrected chi connectivity index (χ4v) is 2.91. The number of aromatic nitrogens is 1. The average Bonchev–Trinajstić information content (AvgIpc) is 2.93. The second-order valence-corrected chi connectivity index (χ2v) is 6.60. The summed E-state index contributed by atoms with van der Waals surface area (Å²) in [6.45, 7) is 4.12. The number of fused-ring (bicyclic) bond motifs is 1. The van der Waals surface area contributed by atoms with Gasteiger partial charge in [-0.1, -0.05) is 12.1 Å². The number of benzene rings is 2. The molecule has 8 heteroatoms. The second kappa shape index (κ2) is 7.45. The number of nitrogens with one attached hydrogen (secondary N) is 2. The van der Waals surface area contributed by atoms with Gasteiger partial charge in [-0.05, 0) is 61.3 Å². The minimum atomic E-state index is -0.0748. The fourth-order valence-electron chi connectivity index (χ4n) is 2.22. The van der Waals surface area contributed by atoms with Gasteiger partial charge in [0.2, 0.25) is 5.88 Å². The minimum absolute atomic E-state index is 0.0748. The molecular formula is C17H17N5O2S. The van der Waals surface area contributed by atoms with Gasteiger partial charge in [0.15, 0.2) is 5.69 Å². The zero-order chi connectivity index (χ0) is 17.8. The van der Waals surface area contributed by atoms with Crippen molar-refractivity contribution in [3.63, 3.8) is 0 Å². The first-order valence-electron chi connectivity index (χ1n) is 7.69. The number of nitrogens with zero attached hydrogens (tertiary/aromatic N) is 3. The standard InChI is InChI=1S/C17H17N5O2S/c1-10(2)22-25-11-7-8-13-12(9-11)16(17(23)18-13)20-19-14-5-3-4-6-15(14)21-24/h3-10,18,22-23H,1-2H3. The number of nitroso groups, excluding NO2 is 1. The van der Waals surface area contributed by atoms with Crippen LogP contribution in [0.3, 0.4) is 0 Å². The molecule has 0 saturated carbocycles. The number of H-pyrrole nitrogens is 1. The van der Waals surface area contributed by atoms with Gasteiger partial charge in [-0.3, -0.25) is 4.72 Å². The Hall–Kier alpha value is -2.71. The van der Waals surface area contributed by atoms with Crippen molar-refractivity contribution < 1.29 is 5.11 Å². The smallest absolute Gasteiger partial charge is 0.218 e. The quantitative estimate of drug-likeness (QED) is 0.300. The van der Waals surface area contributed by atoms with Crippen molar-refractivity contribution in [2.75, 3.05) is 0 Å². The van der Waals surface area contributed by atoms with Crippen LogP contribution in [0.2, 0.25) is 0 Å². The molecule has 25 heavy (non-hydrogen) atoms. The molecule has 7 nitrogen and oxygen atoms in total. The number of aromatic amines is 1. The lowest BCUT2D eigenvalue weighted by Gasteiger charge is -2.06. The third kappa shape index (κ3) is 3.86. The van der Waals surface area contributed by atoms with Crippen molar-refractivity contribution in [2.45, 2.75) is 24.8 Å². The number of aromatic hydroxyl groups is 1. The third-order valence-electron chi connectivity index (χ3n) is 3.37. The van der Waals surface area contributed by atoms with Crippen molar-refractivity contribution in [2.24, 2.45) is 15.4 Å². The predicted octanol–water partition coefficient (Wildman–Crippen LogP) is 5.69. The molecule has 0 bridgehead atoms. The molecule has 0 saturated heterocycles. The van der Waals surface area contributed by atoms with E-state index in [9.17, 15) is 10.0 Å². The van der Waals surface area contributed by atoms with E-state index in [1.165, 1.54) is 11.9 Å². The Morgan fingerprint density at radius 3 is 2.60 bits per heavy atom. The van der Waals surface area contributed by atoms with E-state index < -0.39 is 0 Å². The van der Waals surface area contributed by atoms with Crippen molar-refractivity contribution in [1.82, 2.24) is 9.71 Å². The molecule has 1 aromatic heterocycles. The summed E-state index contributed by atoms with van der Waals surface area (Å²) in [5.74, 6) is -0.0748. The summed E-state index contributed by atoms with van der Waals surface area (Å²) in [7, 11) is 0. The number of rotatable bonds is 6. The van der Waals surface area contributed by atoms with Crippen LogP contribution in [0.4, 0.5) is 17.1 Å². The molecule has 0 fully saturated rings. The molecule has 0 unspecified atom stereocenters. The van der Waals surface area contributed by atoms with E-state index in [2.05, 4.69) is 39.0 Å². The number of hydrogen-bond donors (Lipinski definition) is 3. The SMILES string of the molecule is CC(C)NSc1ccc2[nH]c(O)c(N=Nc3ccccc3N=O)c2c1. The molecule has 1 heterocycles. The van der Waals surface area contributed by atoms with E-state index in [-0.39, 0.29) is 11.6 Å². The number of azo groups is 1. The van der Waals surface area contributed by atoms with Gasteiger partial charge in [-0.25, -0.2) is 0 Å². The molecule has 0 aliphatic rings. The van der Waals surface area contributed by atoms with Crippen LogP contribution in [0.25, 0.3) is 10.9 Å². The molecule has 0 aliphatic heterocycles. The Morgan fingerprint density at radius 1 is 1.12 bits per heavy atom. The summed E-state index contributed by atoms with van der Waals surface area (Å²) in [4.78, 5) is 14.7. The predicted molar refractivity (Wildman–Crippen MR) is 100 cm³/mol. The Balaban J connectivity index is 1.97. The van der Waals surface area contributed by atoms with Gasteiger partial charge in [-0.2, -0.15) is 0 Å². The maximum Gasteiger partial charge on any atom is 0.218 e. The first-order valence-corrected chi connectivity index (χ1v) is 8.51. The summed E-state index contributed by atoms with van der Waals surface area (Å²) in [6.07, 6.45) is 0. The lowest BCUT2D eigenvalue weighted by atomic mass is 10.2. The zero-order valence-corrected chi connectivity index (χ0v) is 14.5. The molecule has 0 spiro atoms. The highest BCUT2D eigenvalue weighted by Gasteiger charge is 2.12. The van der Waals surface area contributed by atoms with Crippen molar-refractivity contribution >= 4 is 39.9 Å². The van der Waals surface area contributed by atoms with Crippen LogP contribution in [0.1, 0.15) is 13.8 Å². The second-order valence-electron chi connectivity index (χ2n) is 5.68. The van der Waals surface area contributed by atoms with Gasteiger partial charge in [0.25, 0.3) is 0 Å². The van der Waals surface area contributed by atoms with Gasteiger partial charge < -0.3 is 10.1 Å². The van der Waals surface area contributed by atoms with Crippen LogP contribution >= 0.6 is 11.9 Å². The lowest BCUT2D eigenvalue weighted by molar-refractivity contribution is 0.459. The van der Waals surface area contributed by atoms with Crippen LogP contribution < -0.4 is 4.72 Å². The zero-order valence-electron chi connectivity index (χ0n) is 13.7. The summed E-state index contributed by atoms with van der Waals surface area (Å²) in [5, 5.41) is 22.0. The summed E-state index contributed by atoms with van der Waals surface area (Å²) >= 11 is 1.51. The first-order chi connectivity index (χ1) is 12.1. The monoisotopic (exact) mass is 355 g/mol. The fraction of sp³-hybridized carbons (Fsp3) is 0.176. The van der Waals surface area contributed by atoms with E-state index >= 15 is 0 Å². The molecule has 3 aromatic rings. The van der Waals surface area contributed by atoms with Crippen LogP contribution in [0.15, 0.2) is 62.8 Å². The van der Waals surface area contributed by atoms with Gasteiger partial charge in [-0.15, -0.1) is 15.1 Å². The number of hydrogen-bond acceptors (Lipinski definition) is 7. The molecule has 3 N–H and O–H groups in total. The molecule has 0 aliphatic carbocycles. The van der Waals surface area contributed by atoms with Crippen molar-refractivity contribution in [3.05, 3.63) is 47.4 Å². The van der Waals surface area contributed by atoms with Gasteiger partial charge in [0.05, 0.1) is 5.52 Å². The lowest BCUT2D eigenvalue weighted by Crippen LogP contribution is -2.13. The van der Waals surface area contributed by atoms with E-state index in [4.69, 9.17) is 0 Å². The highest BCUT2D eigenvalue weighted by molar-refractivity contribution is 7.97. The third-order valence-corrected chi connectivity index (χ3v) is 4.45. The largest absolute Gasteiger partial charge is 0.493 e. The van der Waals surface area contributed by atoms with Crippen molar-refractivity contribution in [3.8, 4) is 5.88 Å². The van der Waals surface area contributed by atoms with E-state index in [0.29, 0.717) is 17.4 Å². The maximum atomic E-state index is 10.8. The molecule has 0 amide bonds. The van der Waals surface area contributed by atoms with Crippen LogP contribution in [-0.2, 0) is 0 Å². The van der Waals surface area contributed by atoms with Crippen LogP contribution in [0, 0.1) is 4.91 Å². The van der Waals surface area contributed by atoms with Gasteiger partial charge in [0.1, 0.15) is 11.4 Å². The van der Waals surface area contributed by atoms with Crippen LogP contribution in [0.5, 0.6) is 5.88 Å². The molecule has 128 valence electrons. The summed E-state index contributed by atoms with van der Waals surface area (Å²) in [5.41, 5.74) is 1.62. The normalized spacial score (nSPS) is 11.6. The molecular weight excluding hydrogens is 338 g/mol. The Morgan fingerprint density at radius 2 is 1.88 bits per heavy atom. The van der Waals surface area contributed by atoms with Gasteiger partial charge in [0, 0.05) is 16.3 Å². The van der Waals surface area contributed by atoms with E-state index in [0.717, 1.165) is 15.8 Å². The highest BCUT2D eigenvalue weighted by Crippen LogP contribution is 2.39. The Bertz CT molecular complexity index is 936.